The third kappa shape index (κ3) is 3.84. The Hall–Kier alpha value is -5.78. The summed E-state index contributed by atoms with van der Waals surface area (Å²) in [4.78, 5) is 10.0. The first-order chi connectivity index (χ1) is 22.3. The molecule has 0 aliphatic carbocycles. The summed E-state index contributed by atoms with van der Waals surface area (Å²) >= 11 is 0. The number of furan rings is 1. The number of benzene rings is 5. The topological polar surface area (TPSA) is 43.9 Å². The number of aromatic nitrogens is 3. The smallest absolute Gasteiger partial charge is 0.181 e. The van der Waals surface area contributed by atoms with Gasteiger partial charge in [-0.2, -0.15) is 0 Å². The lowest BCUT2D eigenvalue weighted by Crippen LogP contribution is -2.74. The second kappa shape index (κ2) is 10.1. The summed E-state index contributed by atoms with van der Waals surface area (Å²) < 4.78 is 8.91. The highest BCUT2D eigenvalue weighted by Crippen LogP contribution is 2.33. The fourth-order valence-corrected chi connectivity index (χ4v) is 11.8. The number of rotatable bonds is 5. The van der Waals surface area contributed by atoms with Crippen LogP contribution in [0.4, 0.5) is 0 Å². The van der Waals surface area contributed by atoms with Crippen molar-refractivity contribution in [3.63, 3.8) is 0 Å². The molecule has 0 unspecified atom stereocenters. The van der Waals surface area contributed by atoms with Crippen LogP contribution in [0, 0.1) is 0 Å². The molecule has 212 valence electrons. The summed E-state index contributed by atoms with van der Waals surface area (Å²) in [6, 6.07) is 53.9. The first kappa shape index (κ1) is 25.7. The molecular formula is C40H27N3OSi. The molecule has 0 amide bonds. The Morgan fingerprint density at radius 3 is 1.42 bits per heavy atom. The van der Waals surface area contributed by atoms with E-state index in [2.05, 4.69) is 162 Å². The highest BCUT2D eigenvalue weighted by atomic mass is 28.3. The lowest BCUT2D eigenvalue weighted by molar-refractivity contribution is 0.667. The van der Waals surface area contributed by atoms with Crippen molar-refractivity contribution < 1.29 is 4.42 Å². The molecule has 0 atom stereocenters. The number of pyridine rings is 2. The molecule has 5 heteroatoms. The van der Waals surface area contributed by atoms with E-state index in [1.165, 1.54) is 31.5 Å². The van der Waals surface area contributed by atoms with Gasteiger partial charge in [0.25, 0.3) is 0 Å². The van der Waals surface area contributed by atoms with Crippen molar-refractivity contribution in [1.29, 1.82) is 0 Å². The van der Waals surface area contributed by atoms with Gasteiger partial charge >= 0.3 is 0 Å². The van der Waals surface area contributed by atoms with Crippen LogP contribution in [0.25, 0.3) is 49.7 Å². The monoisotopic (exact) mass is 593 g/mol. The average Bonchev–Trinajstić information content (AvgIpc) is 3.65. The van der Waals surface area contributed by atoms with Crippen LogP contribution in [-0.4, -0.2) is 22.6 Å². The molecule has 0 spiro atoms. The second-order valence-electron chi connectivity index (χ2n) is 11.4. The van der Waals surface area contributed by atoms with E-state index < -0.39 is 8.07 Å². The first-order valence-corrected chi connectivity index (χ1v) is 17.2. The van der Waals surface area contributed by atoms with Crippen molar-refractivity contribution in [3.8, 4) is 5.69 Å². The molecule has 0 saturated heterocycles. The van der Waals surface area contributed by atoms with Gasteiger partial charge in [-0.3, -0.25) is 4.98 Å². The lowest BCUT2D eigenvalue weighted by atomic mass is 10.2. The minimum absolute atomic E-state index is 0.723. The van der Waals surface area contributed by atoms with Gasteiger partial charge in [-0.05, 0) is 38.9 Å². The molecule has 9 aromatic rings. The van der Waals surface area contributed by atoms with Gasteiger partial charge in [-0.25, -0.2) is 4.98 Å². The molecule has 0 N–H and O–H groups in total. The van der Waals surface area contributed by atoms with Crippen LogP contribution < -0.4 is 20.7 Å². The summed E-state index contributed by atoms with van der Waals surface area (Å²) in [5.74, 6) is 0. The predicted octanol–water partition coefficient (Wildman–Crippen LogP) is 6.85. The van der Waals surface area contributed by atoms with Gasteiger partial charge in [0.1, 0.15) is 11.0 Å². The van der Waals surface area contributed by atoms with Crippen LogP contribution in [-0.2, 0) is 0 Å². The van der Waals surface area contributed by atoms with E-state index in [1.54, 1.807) is 0 Å². The SMILES string of the molecule is c1ccc([Si](c2ccccc2)(c2ccccc2)c2cnc3c(c2)oc2cc(-n4c5ccccc5c5ccccc54)cnc23)cc1. The van der Waals surface area contributed by atoms with Gasteiger partial charge in [0, 0.05) is 23.0 Å². The Labute approximate surface area is 260 Å². The van der Waals surface area contributed by atoms with E-state index in [9.17, 15) is 0 Å². The summed E-state index contributed by atoms with van der Waals surface area (Å²) in [6.45, 7) is 0. The first-order valence-electron chi connectivity index (χ1n) is 15.2. The lowest BCUT2D eigenvalue weighted by Gasteiger charge is -2.33. The van der Waals surface area contributed by atoms with Crippen molar-refractivity contribution in [1.82, 2.24) is 14.5 Å². The molecule has 45 heavy (non-hydrogen) atoms. The fraction of sp³-hybridized carbons (Fsp3) is 0. The number of hydrogen-bond donors (Lipinski definition) is 0. The minimum Gasteiger partial charge on any atom is -0.453 e. The van der Waals surface area contributed by atoms with Crippen molar-refractivity contribution >= 4 is 72.8 Å². The Balaban J connectivity index is 1.28. The maximum atomic E-state index is 6.64. The summed E-state index contributed by atoms with van der Waals surface area (Å²) in [6.07, 6.45) is 3.99. The number of para-hydroxylation sites is 2. The van der Waals surface area contributed by atoms with Crippen LogP contribution in [0.1, 0.15) is 0 Å². The van der Waals surface area contributed by atoms with Gasteiger partial charge in [0.2, 0.25) is 0 Å². The normalized spacial score (nSPS) is 12.0. The second-order valence-corrected chi connectivity index (χ2v) is 15.2. The van der Waals surface area contributed by atoms with Crippen molar-refractivity contribution in [3.05, 3.63) is 164 Å². The number of hydrogen-bond acceptors (Lipinski definition) is 3. The Morgan fingerprint density at radius 1 is 0.444 bits per heavy atom. The zero-order valence-corrected chi connectivity index (χ0v) is 25.3. The van der Waals surface area contributed by atoms with E-state index in [1.807, 2.05) is 6.20 Å². The molecule has 0 fully saturated rings. The standard InChI is InChI=1S/C40H27N3OSi/c1-4-14-29(15-5-1)45(30-16-6-2-7-17-30,31-18-8-3-9-19-31)32-25-38-40(42-27-32)39-37(44-38)24-28(26-41-39)43-35-22-12-10-20-33(35)34-21-11-13-23-36(34)43/h1-27H. The largest absolute Gasteiger partial charge is 0.453 e. The highest BCUT2D eigenvalue weighted by Gasteiger charge is 2.42. The third-order valence-electron chi connectivity index (χ3n) is 9.03. The average molecular weight is 594 g/mol. The molecule has 4 aromatic heterocycles. The van der Waals surface area contributed by atoms with E-state index in [0.717, 1.165) is 38.9 Å². The van der Waals surface area contributed by atoms with E-state index in [0.29, 0.717) is 0 Å². The van der Waals surface area contributed by atoms with Crippen LogP contribution in [0.3, 0.4) is 0 Å². The molecule has 0 bridgehead atoms. The van der Waals surface area contributed by atoms with Crippen LogP contribution >= 0.6 is 0 Å². The molecule has 4 heterocycles. The van der Waals surface area contributed by atoms with Gasteiger partial charge in [-0.15, -0.1) is 0 Å². The maximum Gasteiger partial charge on any atom is 0.181 e. The summed E-state index contributed by atoms with van der Waals surface area (Å²) in [5, 5.41) is 7.49. The number of fused-ring (bicyclic) bond motifs is 6. The highest BCUT2D eigenvalue weighted by molar-refractivity contribution is 7.19. The number of nitrogens with zero attached hydrogens (tertiary/aromatic N) is 3. The van der Waals surface area contributed by atoms with E-state index in [-0.39, 0.29) is 0 Å². The van der Waals surface area contributed by atoms with Gasteiger partial charge < -0.3 is 8.98 Å². The fourth-order valence-electron chi connectivity index (χ4n) is 7.10. The van der Waals surface area contributed by atoms with Crippen LogP contribution in [0.5, 0.6) is 0 Å². The molecule has 0 saturated carbocycles. The van der Waals surface area contributed by atoms with Crippen LogP contribution in [0.15, 0.2) is 168 Å². The van der Waals surface area contributed by atoms with E-state index >= 15 is 0 Å². The Bertz CT molecular complexity index is 2340. The molecule has 4 nitrogen and oxygen atoms in total. The van der Waals surface area contributed by atoms with Crippen molar-refractivity contribution in [2.45, 2.75) is 0 Å². The summed E-state index contributed by atoms with van der Waals surface area (Å²) in [5.41, 5.74) is 6.25. The molecular weight excluding hydrogens is 567 g/mol. The van der Waals surface area contributed by atoms with Gasteiger partial charge in [0.05, 0.1) is 22.9 Å². The van der Waals surface area contributed by atoms with Crippen molar-refractivity contribution in [2.75, 3.05) is 0 Å². The zero-order chi connectivity index (χ0) is 29.8. The molecule has 0 aliphatic heterocycles. The van der Waals surface area contributed by atoms with Crippen molar-refractivity contribution in [2.24, 2.45) is 0 Å². The summed E-state index contributed by atoms with van der Waals surface area (Å²) in [7, 11) is -2.73. The van der Waals surface area contributed by atoms with Gasteiger partial charge in [0.15, 0.2) is 19.2 Å². The molecule has 0 aliphatic rings. The maximum absolute atomic E-state index is 6.64. The van der Waals surface area contributed by atoms with E-state index in [4.69, 9.17) is 14.4 Å². The Morgan fingerprint density at radius 2 is 0.889 bits per heavy atom. The van der Waals surface area contributed by atoms with Gasteiger partial charge in [-0.1, -0.05) is 127 Å². The molecule has 0 radical (unpaired) electrons. The zero-order valence-electron chi connectivity index (χ0n) is 24.3. The predicted molar refractivity (Wildman–Crippen MR) is 187 cm³/mol. The molecule has 5 aromatic carbocycles. The Kier molecular flexibility index (Phi) is 5.79. The van der Waals surface area contributed by atoms with Crippen LogP contribution in [0.2, 0.25) is 0 Å². The quantitative estimate of drug-likeness (QED) is 0.162. The minimum atomic E-state index is -2.73. The molecule has 9 rings (SSSR count). The third-order valence-corrected chi connectivity index (χ3v) is 13.8.